The summed E-state index contributed by atoms with van der Waals surface area (Å²) < 4.78 is 0. The lowest BCUT2D eigenvalue weighted by Gasteiger charge is -2.31. The Bertz CT molecular complexity index is 399. The molecule has 4 heteroatoms. The van der Waals surface area contributed by atoms with Crippen LogP contribution >= 0.6 is 0 Å². The zero-order chi connectivity index (χ0) is 13.1. The van der Waals surface area contributed by atoms with E-state index in [0.717, 1.165) is 24.3 Å². The maximum absolute atomic E-state index is 9.40. The molecule has 0 aromatic heterocycles. The first-order chi connectivity index (χ1) is 8.59. The number of hydrogen-bond acceptors (Lipinski definition) is 4. The van der Waals surface area contributed by atoms with E-state index in [9.17, 15) is 10.4 Å². The van der Waals surface area contributed by atoms with Crippen LogP contribution in [0.15, 0.2) is 18.2 Å². The van der Waals surface area contributed by atoms with Crippen LogP contribution in [0.2, 0.25) is 0 Å². The first-order valence-electron chi connectivity index (χ1n) is 6.66. The SMILES string of the molecule is CC(C)c1ccc(N2CCCCC2)c(N(O)O)c1. The molecule has 0 radical (unpaired) electrons. The normalized spacial score (nSPS) is 16.2. The first kappa shape index (κ1) is 13.2. The number of hydrogen-bond donors (Lipinski definition) is 2. The van der Waals surface area contributed by atoms with Crippen LogP contribution in [-0.2, 0) is 0 Å². The van der Waals surface area contributed by atoms with Gasteiger partial charge < -0.3 is 4.90 Å². The summed E-state index contributed by atoms with van der Waals surface area (Å²) in [5, 5.41) is 19.1. The van der Waals surface area contributed by atoms with Crippen molar-refractivity contribution in [2.75, 3.05) is 23.2 Å². The molecule has 1 fully saturated rings. The second-order valence-electron chi connectivity index (χ2n) is 5.24. The molecule has 4 nitrogen and oxygen atoms in total. The van der Waals surface area contributed by atoms with Gasteiger partial charge >= 0.3 is 0 Å². The molecule has 100 valence electrons. The highest BCUT2D eigenvalue weighted by atomic mass is 16.8. The topological polar surface area (TPSA) is 46.9 Å². The molecule has 1 saturated heterocycles. The summed E-state index contributed by atoms with van der Waals surface area (Å²) in [6.45, 7) is 6.17. The zero-order valence-electron chi connectivity index (χ0n) is 11.1. The minimum Gasteiger partial charge on any atom is -0.370 e. The molecule has 0 unspecified atom stereocenters. The molecule has 1 heterocycles. The van der Waals surface area contributed by atoms with E-state index < -0.39 is 0 Å². The van der Waals surface area contributed by atoms with E-state index in [-0.39, 0.29) is 5.23 Å². The van der Waals surface area contributed by atoms with Crippen molar-refractivity contribution in [3.05, 3.63) is 23.8 Å². The summed E-state index contributed by atoms with van der Waals surface area (Å²) in [5.74, 6) is 0.374. The molecule has 1 aromatic carbocycles. The number of nitrogens with zero attached hydrogens (tertiary/aromatic N) is 2. The predicted molar refractivity (Wildman–Crippen MR) is 72.6 cm³/mol. The minimum absolute atomic E-state index is 0.246. The third-order valence-corrected chi connectivity index (χ3v) is 3.58. The molecule has 2 N–H and O–H groups in total. The second kappa shape index (κ2) is 5.59. The van der Waals surface area contributed by atoms with Gasteiger partial charge in [0.2, 0.25) is 0 Å². The van der Waals surface area contributed by atoms with Crippen molar-refractivity contribution in [3.63, 3.8) is 0 Å². The van der Waals surface area contributed by atoms with Crippen molar-refractivity contribution in [2.24, 2.45) is 0 Å². The molecule has 18 heavy (non-hydrogen) atoms. The van der Waals surface area contributed by atoms with Crippen LogP contribution in [0, 0.1) is 0 Å². The van der Waals surface area contributed by atoms with Crippen molar-refractivity contribution in [3.8, 4) is 0 Å². The van der Waals surface area contributed by atoms with Crippen LogP contribution in [0.3, 0.4) is 0 Å². The molecular formula is C14H22N2O2. The van der Waals surface area contributed by atoms with Crippen LogP contribution < -0.4 is 10.1 Å². The van der Waals surface area contributed by atoms with Gasteiger partial charge in [0.15, 0.2) is 0 Å². The van der Waals surface area contributed by atoms with Gasteiger partial charge in [-0.3, -0.25) is 10.4 Å². The Kier molecular flexibility index (Phi) is 4.09. The molecule has 0 amide bonds. The second-order valence-corrected chi connectivity index (χ2v) is 5.24. The highest BCUT2D eigenvalue weighted by Gasteiger charge is 2.18. The summed E-state index contributed by atoms with van der Waals surface area (Å²) in [6, 6.07) is 5.92. The number of benzene rings is 1. The molecule has 1 aliphatic heterocycles. The van der Waals surface area contributed by atoms with E-state index in [2.05, 4.69) is 24.8 Å². The lowest BCUT2D eigenvalue weighted by atomic mass is 10.0. The minimum atomic E-state index is 0.246. The molecule has 0 atom stereocenters. The maximum Gasteiger partial charge on any atom is 0.118 e. The van der Waals surface area contributed by atoms with Gasteiger partial charge in [-0.15, -0.1) is 5.23 Å². The van der Waals surface area contributed by atoms with Crippen molar-refractivity contribution in [1.82, 2.24) is 0 Å². The Morgan fingerprint density at radius 2 is 1.78 bits per heavy atom. The van der Waals surface area contributed by atoms with Crippen LogP contribution in [0.25, 0.3) is 0 Å². The average Bonchev–Trinajstić information content (AvgIpc) is 2.39. The Morgan fingerprint density at radius 3 is 2.33 bits per heavy atom. The summed E-state index contributed by atoms with van der Waals surface area (Å²) in [6.07, 6.45) is 3.60. The fourth-order valence-electron chi connectivity index (χ4n) is 2.46. The quantitative estimate of drug-likeness (QED) is 0.807. The monoisotopic (exact) mass is 250 g/mol. The third-order valence-electron chi connectivity index (χ3n) is 3.58. The van der Waals surface area contributed by atoms with E-state index in [1.54, 1.807) is 0 Å². The fourth-order valence-corrected chi connectivity index (χ4v) is 2.46. The fraction of sp³-hybridized carbons (Fsp3) is 0.571. The number of piperidine rings is 1. The van der Waals surface area contributed by atoms with E-state index >= 15 is 0 Å². The molecule has 0 spiro atoms. The predicted octanol–water partition coefficient (Wildman–Crippen LogP) is 3.39. The molecule has 0 bridgehead atoms. The van der Waals surface area contributed by atoms with Gasteiger partial charge in [0.25, 0.3) is 0 Å². The van der Waals surface area contributed by atoms with Crippen LogP contribution in [0.4, 0.5) is 11.4 Å². The largest absolute Gasteiger partial charge is 0.370 e. The van der Waals surface area contributed by atoms with Gasteiger partial charge in [-0.1, -0.05) is 19.9 Å². The first-order valence-corrected chi connectivity index (χ1v) is 6.66. The Balaban J connectivity index is 2.33. The summed E-state index contributed by atoms with van der Waals surface area (Å²) in [7, 11) is 0. The van der Waals surface area contributed by atoms with Gasteiger partial charge in [-0.2, -0.15) is 0 Å². The maximum atomic E-state index is 9.40. The zero-order valence-corrected chi connectivity index (χ0v) is 11.1. The van der Waals surface area contributed by atoms with E-state index in [4.69, 9.17) is 0 Å². The lowest BCUT2D eigenvalue weighted by molar-refractivity contribution is 0.0293. The van der Waals surface area contributed by atoms with Crippen molar-refractivity contribution < 1.29 is 10.4 Å². The van der Waals surface area contributed by atoms with Gasteiger partial charge in [0, 0.05) is 13.1 Å². The highest BCUT2D eigenvalue weighted by Crippen LogP contribution is 2.33. The van der Waals surface area contributed by atoms with Gasteiger partial charge in [-0.25, -0.2) is 0 Å². The van der Waals surface area contributed by atoms with Crippen molar-refractivity contribution in [2.45, 2.75) is 39.0 Å². The molecule has 2 rings (SSSR count). The van der Waals surface area contributed by atoms with Crippen LogP contribution in [0.5, 0.6) is 0 Å². The Hall–Kier alpha value is -1.26. The van der Waals surface area contributed by atoms with E-state index in [1.807, 2.05) is 12.1 Å². The van der Waals surface area contributed by atoms with Gasteiger partial charge in [0.1, 0.15) is 5.69 Å². The van der Waals surface area contributed by atoms with Crippen molar-refractivity contribution >= 4 is 11.4 Å². The smallest absolute Gasteiger partial charge is 0.118 e. The van der Waals surface area contributed by atoms with Crippen molar-refractivity contribution in [1.29, 1.82) is 0 Å². The molecular weight excluding hydrogens is 228 g/mol. The van der Waals surface area contributed by atoms with Gasteiger partial charge in [-0.05, 0) is 42.9 Å². The van der Waals surface area contributed by atoms with E-state index in [0.29, 0.717) is 11.6 Å². The molecule has 1 aromatic rings. The average molecular weight is 250 g/mol. The molecule has 1 aliphatic rings. The standard InChI is InChI=1S/C14H22N2O2/c1-11(2)12-6-7-13(14(10-12)16(17)18)15-8-4-3-5-9-15/h6-7,10-11,17-18H,3-5,8-9H2,1-2H3. The number of anilines is 2. The van der Waals surface area contributed by atoms with Gasteiger partial charge in [0.05, 0.1) is 5.69 Å². The summed E-state index contributed by atoms with van der Waals surface area (Å²) in [5.41, 5.74) is 2.49. The Labute approximate surface area is 108 Å². The summed E-state index contributed by atoms with van der Waals surface area (Å²) >= 11 is 0. The van der Waals surface area contributed by atoms with E-state index in [1.165, 1.54) is 19.3 Å². The van der Waals surface area contributed by atoms with Crippen LogP contribution in [0.1, 0.15) is 44.6 Å². The number of rotatable bonds is 3. The highest BCUT2D eigenvalue weighted by molar-refractivity contribution is 5.70. The molecule has 0 aliphatic carbocycles. The molecule has 0 saturated carbocycles. The lowest BCUT2D eigenvalue weighted by Crippen LogP contribution is -2.31. The van der Waals surface area contributed by atoms with Crippen LogP contribution in [-0.4, -0.2) is 23.5 Å². The Morgan fingerprint density at radius 1 is 1.11 bits per heavy atom. The summed E-state index contributed by atoms with van der Waals surface area (Å²) in [4.78, 5) is 2.22. The third kappa shape index (κ3) is 2.76.